The lowest BCUT2D eigenvalue weighted by Crippen LogP contribution is -2.33. The molecule has 1 saturated carbocycles. The van der Waals surface area contributed by atoms with Crippen molar-refractivity contribution in [3.8, 4) is 11.6 Å². The predicted octanol–water partition coefficient (Wildman–Crippen LogP) is 3.61. The van der Waals surface area contributed by atoms with Crippen LogP contribution in [0, 0.1) is 5.92 Å². The number of para-hydroxylation sites is 1. The van der Waals surface area contributed by atoms with E-state index in [0.29, 0.717) is 24.7 Å². The summed E-state index contributed by atoms with van der Waals surface area (Å²) in [7, 11) is 0. The third kappa shape index (κ3) is 3.54. The van der Waals surface area contributed by atoms with Gasteiger partial charge >= 0.3 is 0 Å². The number of carbonyl (C=O) groups excluding carboxylic acids is 1. The Morgan fingerprint density at radius 3 is 2.73 bits per heavy atom. The number of aromatic nitrogens is 2. The zero-order valence-electron chi connectivity index (χ0n) is 14.6. The van der Waals surface area contributed by atoms with Crippen molar-refractivity contribution in [2.24, 2.45) is 5.92 Å². The van der Waals surface area contributed by atoms with E-state index < -0.39 is 0 Å². The second-order valence-corrected chi connectivity index (χ2v) is 6.59. The molecule has 1 aromatic carbocycles. The minimum absolute atomic E-state index is 0.174. The number of nitrogens with zero attached hydrogens (tertiary/aromatic N) is 2. The number of amides is 1. The summed E-state index contributed by atoms with van der Waals surface area (Å²) in [6, 6.07) is 11.5. The molecule has 134 valence electrons. The van der Waals surface area contributed by atoms with Crippen LogP contribution in [0.5, 0.6) is 0 Å². The Bertz CT molecular complexity index is 886. The molecule has 26 heavy (non-hydrogen) atoms. The maximum Gasteiger partial charge on any atom is 0.223 e. The number of hydrogen-bond donors (Lipinski definition) is 2. The first kappa shape index (κ1) is 16.6. The Kier molecular flexibility index (Phi) is 4.82. The maximum atomic E-state index is 12.1. The lowest BCUT2D eigenvalue weighted by molar-refractivity contribution is -0.124. The molecule has 0 bridgehead atoms. The van der Waals surface area contributed by atoms with Crippen LogP contribution in [0.2, 0.25) is 0 Å². The number of carbonyl (C=O) groups is 1. The molecule has 0 aliphatic heterocycles. The third-order valence-corrected chi connectivity index (χ3v) is 4.79. The molecular weight excluding hydrogens is 328 g/mol. The SMILES string of the molecule is O=C(NCCNc1nc(-c2ccco2)nc2ccccc12)C1CCCC1. The first-order chi connectivity index (χ1) is 12.8. The van der Waals surface area contributed by atoms with Crippen LogP contribution < -0.4 is 10.6 Å². The van der Waals surface area contributed by atoms with Gasteiger partial charge in [-0.25, -0.2) is 9.97 Å². The van der Waals surface area contributed by atoms with E-state index in [1.165, 1.54) is 12.8 Å². The standard InChI is InChI=1S/C20H22N4O2/c25-20(14-6-1-2-7-14)22-12-11-21-18-15-8-3-4-9-16(15)23-19(24-18)17-10-5-13-26-17/h3-5,8-10,13-14H,1-2,6-7,11-12H2,(H,22,25)(H,21,23,24). The summed E-state index contributed by atoms with van der Waals surface area (Å²) >= 11 is 0. The van der Waals surface area contributed by atoms with Crippen LogP contribution in [-0.4, -0.2) is 29.0 Å². The van der Waals surface area contributed by atoms with E-state index >= 15 is 0 Å². The summed E-state index contributed by atoms with van der Waals surface area (Å²) in [4.78, 5) is 21.3. The quantitative estimate of drug-likeness (QED) is 0.664. The molecule has 0 atom stereocenters. The number of hydrogen-bond acceptors (Lipinski definition) is 5. The van der Waals surface area contributed by atoms with Gasteiger partial charge in [0.05, 0.1) is 11.8 Å². The van der Waals surface area contributed by atoms with Crippen LogP contribution in [0.4, 0.5) is 5.82 Å². The van der Waals surface area contributed by atoms with Gasteiger partial charge in [-0.15, -0.1) is 0 Å². The van der Waals surface area contributed by atoms with E-state index in [1.54, 1.807) is 6.26 Å². The van der Waals surface area contributed by atoms with Gasteiger partial charge in [0.2, 0.25) is 5.91 Å². The Morgan fingerprint density at radius 1 is 1.08 bits per heavy atom. The first-order valence-corrected chi connectivity index (χ1v) is 9.13. The lowest BCUT2D eigenvalue weighted by Gasteiger charge is -2.12. The summed E-state index contributed by atoms with van der Waals surface area (Å²) in [6.07, 6.45) is 5.97. The molecule has 4 rings (SSSR count). The predicted molar refractivity (Wildman–Crippen MR) is 101 cm³/mol. The van der Waals surface area contributed by atoms with E-state index in [1.807, 2.05) is 36.4 Å². The number of benzene rings is 1. The van der Waals surface area contributed by atoms with Gasteiger partial charge in [0, 0.05) is 24.4 Å². The van der Waals surface area contributed by atoms with Gasteiger partial charge in [0.25, 0.3) is 0 Å². The van der Waals surface area contributed by atoms with Gasteiger partial charge < -0.3 is 15.1 Å². The zero-order valence-corrected chi connectivity index (χ0v) is 14.6. The van der Waals surface area contributed by atoms with E-state index in [4.69, 9.17) is 4.42 Å². The fraction of sp³-hybridized carbons (Fsp3) is 0.350. The van der Waals surface area contributed by atoms with Crippen molar-refractivity contribution in [3.05, 3.63) is 42.7 Å². The monoisotopic (exact) mass is 350 g/mol. The fourth-order valence-electron chi connectivity index (χ4n) is 3.43. The topological polar surface area (TPSA) is 80.0 Å². The number of fused-ring (bicyclic) bond motifs is 1. The van der Waals surface area contributed by atoms with Gasteiger partial charge in [-0.05, 0) is 37.1 Å². The molecule has 0 saturated heterocycles. The Hall–Kier alpha value is -2.89. The fourth-order valence-corrected chi connectivity index (χ4v) is 3.43. The normalized spacial score (nSPS) is 14.6. The Balaban J connectivity index is 1.46. The number of anilines is 1. The van der Waals surface area contributed by atoms with Crippen LogP contribution in [-0.2, 0) is 4.79 Å². The van der Waals surface area contributed by atoms with Gasteiger partial charge in [-0.2, -0.15) is 0 Å². The van der Waals surface area contributed by atoms with Crippen LogP contribution in [0.15, 0.2) is 47.1 Å². The zero-order chi connectivity index (χ0) is 17.8. The highest BCUT2D eigenvalue weighted by molar-refractivity contribution is 5.90. The molecule has 1 aliphatic carbocycles. The minimum atomic E-state index is 0.174. The number of furan rings is 1. The first-order valence-electron chi connectivity index (χ1n) is 9.13. The van der Waals surface area contributed by atoms with E-state index in [9.17, 15) is 4.79 Å². The molecule has 6 heteroatoms. The van der Waals surface area contributed by atoms with Crippen molar-refractivity contribution in [1.82, 2.24) is 15.3 Å². The highest BCUT2D eigenvalue weighted by Crippen LogP contribution is 2.25. The van der Waals surface area contributed by atoms with Gasteiger partial charge in [-0.1, -0.05) is 25.0 Å². The summed E-state index contributed by atoms with van der Waals surface area (Å²) in [5, 5.41) is 7.30. The van der Waals surface area contributed by atoms with E-state index in [0.717, 1.165) is 29.6 Å². The minimum Gasteiger partial charge on any atom is -0.461 e. The summed E-state index contributed by atoms with van der Waals surface area (Å²) < 4.78 is 5.43. The lowest BCUT2D eigenvalue weighted by atomic mass is 10.1. The molecule has 1 aliphatic rings. The second-order valence-electron chi connectivity index (χ2n) is 6.59. The largest absolute Gasteiger partial charge is 0.461 e. The molecule has 2 aromatic heterocycles. The Labute approximate surface area is 152 Å². The smallest absolute Gasteiger partial charge is 0.223 e. The molecule has 0 spiro atoms. The summed E-state index contributed by atoms with van der Waals surface area (Å²) in [5.41, 5.74) is 0.853. The molecule has 0 unspecified atom stereocenters. The highest BCUT2D eigenvalue weighted by Gasteiger charge is 2.21. The van der Waals surface area contributed by atoms with Crippen molar-refractivity contribution in [1.29, 1.82) is 0 Å². The highest BCUT2D eigenvalue weighted by atomic mass is 16.3. The Morgan fingerprint density at radius 2 is 1.92 bits per heavy atom. The molecule has 3 aromatic rings. The van der Waals surface area contributed by atoms with Crippen LogP contribution in [0.25, 0.3) is 22.5 Å². The van der Waals surface area contributed by atoms with E-state index in [-0.39, 0.29) is 11.8 Å². The molecule has 0 radical (unpaired) electrons. The van der Waals surface area contributed by atoms with Crippen LogP contribution in [0.1, 0.15) is 25.7 Å². The van der Waals surface area contributed by atoms with Crippen LogP contribution >= 0.6 is 0 Å². The molecular formula is C20H22N4O2. The average molecular weight is 350 g/mol. The third-order valence-electron chi connectivity index (χ3n) is 4.79. The summed E-state index contributed by atoms with van der Waals surface area (Å²) in [6.45, 7) is 1.18. The average Bonchev–Trinajstić information content (AvgIpc) is 3.38. The molecule has 6 nitrogen and oxygen atoms in total. The number of nitrogens with one attached hydrogen (secondary N) is 2. The summed E-state index contributed by atoms with van der Waals surface area (Å²) in [5.74, 6) is 2.30. The van der Waals surface area contributed by atoms with Gasteiger partial charge in [-0.3, -0.25) is 4.79 Å². The molecule has 2 heterocycles. The van der Waals surface area contributed by atoms with Gasteiger partial charge in [0.1, 0.15) is 5.82 Å². The molecule has 1 fully saturated rings. The van der Waals surface area contributed by atoms with E-state index in [2.05, 4.69) is 20.6 Å². The van der Waals surface area contributed by atoms with Gasteiger partial charge in [0.15, 0.2) is 11.6 Å². The maximum absolute atomic E-state index is 12.1. The van der Waals surface area contributed by atoms with Crippen molar-refractivity contribution >= 4 is 22.6 Å². The van der Waals surface area contributed by atoms with Crippen molar-refractivity contribution in [2.75, 3.05) is 18.4 Å². The van der Waals surface area contributed by atoms with Crippen molar-refractivity contribution < 1.29 is 9.21 Å². The molecule has 2 N–H and O–H groups in total. The van der Waals surface area contributed by atoms with Crippen molar-refractivity contribution in [2.45, 2.75) is 25.7 Å². The van der Waals surface area contributed by atoms with Crippen molar-refractivity contribution in [3.63, 3.8) is 0 Å². The number of rotatable bonds is 6. The molecule has 1 amide bonds. The second kappa shape index (κ2) is 7.56. The van der Waals surface area contributed by atoms with Crippen LogP contribution in [0.3, 0.4) is 0 Å².